The van der Waals surface area contributed by atoms with Crippen LogP contribution in [0.3, 0.4) is 0 Å². The number of hydrogen-bond acceptors (Lipinski definition) is 6. The molecule has 1 atom stereocenters. The Kier molecular flexibility index (Phi) is 3.39. The minimum Gasteiger partial charge on any atom is -0.360 e. The number of nitriles is 1. The molecule has 1 aliphatic heterocycles. The molecule has 94 valence electrons. The molecule has 2 rings (SSSR count). The fourth-order valence-corrected chi connectivity index (χ4v) is 2.08. The Morgan fingerprint density at radius 2 is 2.50 bits per heavy atom. The van der Waals surface area contributed by atoms with E-state index < -0.39 is 4.92 Å². The van der Waals surface area contributed by atoms with Crippen LogP contribution >= 0.6 is 0 Å². The van der Waals surface area contributed by atoms with E-state index >= 15 is 0 Å². The summed E-state index contributed by atoms with van der Waals surface area (Å²) < 4.78 is 0. The van der Waals surface area contributed by atoms with Gasteiger partial charge in [0.15, 0.2) is 0 Å². The van der Waals surface area contributed by atoms with Gasteiger partial charge in [-0.05, 0) is 26.1 Å². The number of pyridine rings is 1. The predicted octanol–water partition coefficient (Wildman–Crippen LogP) is 0.977. The summed E-state index contributed by atoms with van der Waals surface area (Å²) in [5.41, 5.74) is -0.210. The molecule has 0 spiro atoms. The molecule has 1 aliphatic rings. The first kappa shape index (κ1) is 12.3. The molecule has 0 bridgehead atoms. The van der Waals surface area contributed by atoms with Gasteiger partial charge in [-0.3, -0.25) is 10.1 Å². The molecule has 2 heterocycles. The van der Waals surface area contributed by atoms with Gasteiger partial charge in [-0.15, -0.1) is 0 Å². The van der Waals surface area contributed by atoms with Crippen molar-refractivity contribution in [1.29, 1.82) is 5.26 Å². The third-order valence-corrected chi connectivity index (χ3v) is 2.96. The number of nitrogens with one attached hydrogen (secondary N) is 1. The third-order valence-electron chi connectivity index (χ3n) is 2.96. The van der Waals surface area contributed by atoms with Crippen LogP contribution in [-0.4, -0.2) is 41.0 Å². The van der Waals surface area contributed by atoms with Gasteiger partial charge in [0.2, 0.25) is 5.82 Å². The Hall–Kier alpha value is -2.20. The fraction of sp³-hybridized carbons (Fsp3) is 0.455. The lowest BCUT2D eigenvalue weighted by atomic mass is 10.2. The van der Waals surface area contributed by atoms with Gasteiger partial charge in [0.05, 0.1) is 4.92 Å². The maximum atomic E-state index is 11.0. The van der Waals surface area contributed by atoms with Crippen LogP contribution in [0.25, 0.3) is 0 Å². The molecule has 1 N–H and O–H groups in total. The molecular formula is C11H13N5O2. The topological polar surface area (TPSA) is 95.1 Å². The lowest BCUT2D eigenvalue weighted by Crippen LogP contribution is -2.24. The van der Waals surface area contributed by atoms with Gasteiger partial charge in [-0.25, -0.2) is 4.98 Å². The Labute approximate surface area is 104 Å². The zero-order valence-corrected chi connectivity index (χ0v) is 9.96. The van der Waals surface area contributed by atoms with Gasteiger partial charge >= 0.3 is 5.69 Å². The molecule has 1 aromatic rings. The van der Waals surface area contributed by atoms with E-state index in [1.54, 1.807) is 0 Å². The van der Waals surface area contributed by atoms with E-state index in [0.717, 1.165) is 19.5 Å². The van der Waals surface area contributed by atoms with Crippen molar-refractivity contribution in [3.8, 4) is 6.07 Å². The number of anilines is 1. The summed E-state index contributed by atoms with van der Waals surface area (Å²) >= 11 is 0. The smallest absolute Gasteiger partial charge is 0.328 e. The van der Waals surface area contributed by atoms with E-state index in [1.165, 1.54) is 12.3 Å². The van der Waals surface area contributed by atoms with E-state index in [9.17, 15) is 10.1 Å². The molecule has 1 aromatic heterocycles. The summed E-state index contributed by atoms with van der Waals surface area (Å²) in [5, 5.41) is 22.9. The van der Waals surface area contributed by atoms with Crippen LogP contribution in [0.15, 0.2) is 12.3 Å². The number of nitro groups is 1. The average Bonchev–Trinajstić information content (AvgIpc) is 2.74. The Morgan fingerprint density at radius 3 is 3.06 bits per heavy atom. The first-order valence-electron chi connectivity index (χ1n) is 5.60. The second-order valence-electron chi connectivity index (χ2n) is 4.32. The van der Waals surface area contributed by atoms with Crippen LogP contribution in [0.5, 0.6) is 0 Å². The maximum Gasteiger partial charge on any atom is 0.328 e. The van der Waals surface area contributed by atoms with Crippen LogP contribution in [-0.2, 0) is 0 Å². The highest BCUT2D eigenvalue weighted by Gasteiger charge is 2.26. The standard InChI is InChI=1S/C11H13N5O2/c1-15-5-3-9(7-15)14-11-10(16(17)18)8(6-12)2-4-13-11/h2,4,9H,3,5,7H2,1H3,(H,13,14). The zero-order valence-electron chi connectivity index (χ0n) is 9.96. The largest absolute Gasteiger partial charge is 0.360 e. The monoisotopic (exact) mass is 247 g/mol. The molecule has 1 saturated heterocycles. The van der Waals surface area contributed by atoms with Crippen molar-refractivity contribution < 1.29 is 4.92 Å². The van der Waals surface area contributed by atoms with E-state index in [1.807, 2.05) is 13.1 Å². The number of hydrogen-bond donors (Lipinski definition) is 1. The highest BCUT2D eigenvalue weighted by molar-refractivity contribution is 5.64. The lowest BCUT2D eigenvalue weighted by Gasteiger charge is -2.13. The van der Waals surface area contributed by atoms with Crippen LogP contribution < -0.4 is 5.32 Å². The average molecular weight is 247 g/mol. The molecule has 0 radical (unpaired) electrons. The summed E-state index contributed by atoms with van der Waals surface area (Å²) in [6, 6.07) is 3.30. The summed E-state index contributed by atoms with van der Waals surface area (Å²) in [4.78, 5) is 16.6. The summed E-state index contributed by atoms with van der Waals surface area (Å²) in [7, 11) is 2.00. The molecule has 1 fully saturated rings. The number of rotatable bonds is 3. The molecular weight excluding hydrogens is 234 g/mol. The van der Waals surface area contributed by atoms with Crippen LogP contribution in [0.2, 0.25) is 0 Å². The molecule has 0 saturated carbocycles. The number of aromatic nitrogens is 1. The summed E-state index contributed by atoms with van der Waals surface area (Å²) in [6.45, 7) is 1.76. The highest BCUT2D eigenvalue weighted by Crippen LogP contribution is 2.27. The highest BCUT2D eigenvalue weighted by atomic mass is 16.6. The summed E-state index contributed by atoms with van der Waals surface area (Å²) in [5.74, 6) is 0.180. The lowest BCUT2D eigenvalue weighted by molar-refractivity contribution is -0.384. The Morgan fingerprint density at radius 1 is 1.72 bits per heavy atom. The van der Waals surface area contributed by atoms with Gasteiger partial charge in [0.25, 0.3) is 0 Å². The Bertz CT molecular complexity index is 511. The van der Waals surface area contributed by atoms with Crippen LogP contribution in [0.4, 0.5) is 11.5 Å². The van der Waals surface area contributed by atoms with Crippen molar-refractivity contribution in [2.24, 2.45) is 0 Å². The van der Waals surface area contributed by atoms with Crippen molar-refractivity contribution in [2.45, 2.75) is 12.5 Å². The van der Waals surface area contributed by atoms with Crippen molar-refractivity contribution in [1.82, 2.24) is 9.88 Å². The SMILES string of the molecule is CN1CCC(Nc2nccc(C#N)c2[N+](=O)[O-])C1. The molecule has 18 heavy (non-hydrogen) atoms. The number of nitrogens with zero attached hydrogens (tertiary/aromatic N) is 4. The minimum atomic E-state index is -0.563. The summed E-state index contributed by atoms with van der Waals surface area (Å²) in [6.07, 6.45) is 2.32. The second-order valence-corrected chi connectivity index (χ2v) is 4.32. The van der Waals surface area contributed by atoms with E-state index in [0.29, 0.717) is 0 Å². The predicted molar refractivity (Wildman–Crippen MR) is 65.1 cm³/mol. The van der Waals surface area contributed by atoms with E-state index in [2.05, 4.69) is 15.2 Å². The second kappa shape index (κ2) is 4.98. The zero-order chi connectivity index (χ0) is 13.1. The molecule has 1 unspecified atom stereocenters. The van der Waals surface area contributed by atoms with Gasteiger partial charge in [-0.2, -0.15) is 5.26 Å². The minimum absolute atomic E-state index is 0.0313. The van der Waals surface area contributed by atoms with Gasteiger partial charge in [-0.1, -0.05) is 0 Å². The molecule has 7 nitrogen and oxygen atoms in total. The van der Waals surface area contributed by atoms with Crippen molar-refractivity contribution in [2.75, 3.05) is 25.5 Å². The van der Waals surface area contributed by atoms with E-state index in [-0.39, 0.29) is 23.1 Å². The fourth-order valence-electron chi connectivity index (χ4n) is 2.08. The normalized spacial score (nSPS) is 19.4. The maximum absolute atomic E-state index is 11.0. The molecule has 0 amide bonds. The quantitative estimate of drug-likeness (QED) is 0.631. The van der Waals surface area contributed by atoms with Crippen LogP contribution in [0.1, 0.15) is 12.0 Å². The van der Waals surface area contributed by atoms with Gasteiger partial charge in [0.1, 0.15) is 11.6 Å². The van der Waals surface area contributed by atoms with Crippen molar-refractivity contribution >= 4 is 11.5 Å². The Balaban J connectivity index is 2.27. The number of likely N-dealkylation sites (N-methyl/N-ethyl adjacent to an activating group) is 1. The third kappa shape index (κ3) is 2.38. The first-order chi connectivity index (χ1) is 8.61. The van der Waals surface area contributed by atoms with Gasteiger partial charge < -0.3 is 10.2 Å². The van der Waals surface area contributed by atoms with Crippen molar-refractivity contribution in [3.63, 3.8) is 0 Å². The first-order valence-corrected chi connectivity index (χ1v) is 5.60. The molecule has 0 aliphatic carbocycles. The van der Waals surface area contributed by atoms with Crippen LogP contribution in [0, 0.1) is 21.4 Å². The van der Waals surface area contributed by atoms with Gasteiger partial charge in [0, 0.05) is 18.8 Å². The molecule has 0 aromatic carbocycles. The number of likely N-dealkylation sites (tertiary alicyclic amines) is 1. The molecule has 7 heteroatoms. The van der Waals surface area contributed by atoms with Crippen molar-refractivity contribution in [3.05, 3.63) is 27.9 Å². The van der Waals surface area contributed by atoms with E-state index in [4.69, 9.17) is 5.26 Å².